The van der Waals surface area contributed by atoms with E-state index < -0.39 is 72.7 Å². The number of carbonyl (C=O) groups excluding carboxylic acids is 1. The number of nitrogens with zero attached hydrogens (tertiary/aromatic N) is 1. The quantitative estimate of drug-likeness (QED) is 0.182. The highest BCUT2D eigenvalue weighted by atomic mass is 35.5. The Morgan fingerprint density at radius 2 is 1.82 bits per heavy atom. The Kier molecular flexibility index (Phi) is 10.3. The van der Waals surface area contributed by atoms with E-state index in [9.17, 15) is 33.3 Å². The van der Waals surface area contributed by atoms with Gasteiger partial charge in [0.25, 0.3) is 0 Å². The number of carbonyl (C=O) groups is 1. The van der Waals surface area contributed by atoms with Crippen LogP contribution >= 0.6 is 11.6 Å². The van der Waals surface area contributed by atoms with Gasteiger partial charge in [-0.2, -0.15) is 0 Å². The molecular weight excluding hydrogens is 625 g/mol. The number of hydrogen-bond donors (Lipinski definition) is 4. The van der Waals surface area contributed by atoms with Crippen LogP contribution < -0.4 is 10.1 Å². The van der Waals surface area contributed by atoms with Gasteiger partial charge in [-0.1, -0.05) is 22.8 Å². The summed E-state index contributed by atoms with van der Waals surface area (Å²) in [5.74, 6) is -2.30. The van der Waals surface area contributed by atoms with E-state index in [1.165, 1.54) is 43.3 Å². The van der Waals surface area contributed by atoms with E-state index in [4.69, 9.17) is 35.4 Å². The van der Waals surface area contributed by atoms with Crippen molar-refractivity contribution >= 4 is 29.3 Å². The lowest BCUT2D eigenvalue weighted by Crippen LogP contribution is -2.67. The number of benzene rings is 2. The van der Waals surface area contributed by atoms with Crippen LogP contribution in [0.1, 0.15) is 31.4 Å². The molecule has 0 unspecified atom stereocenters. The topological polar surface area (TPSA) is 148 Å². The van der Waals surface area contributed by atoms with E-state index in [0.717, 1.165) is 6.07 Å². The molecule has 3 aliphatic rings. The van der Waals surface area contributed by atoms with Crippen LogP contribution in [-0.4, -0.2) is 88.9 Å². The maximum absolute atomic E-state index is 14.9. The van der Waals surface area contributed by atoms with Gasteiger partial charge in [0.05, 0.1) is 11.8 Å². The second-order valence-corrected chi connectivity index (χ2v) is 11.4. The van der Waals surface area contributed by atoms with Gasteiger partial charge in [0.15, 0.2) is 17.7 Å². The Bertz CT molecular complexity index is 1460. The Morgan fingerprint density at radius 1 is 1.09 bits per heavy atom. The lowest BCUT2D eigenvalue weighted by atomic mass is 9.83. The first kappa shape index (κ1) is 33.1. The average Bonchev–Trinajstić information content (AvgIpc) is 3.64. The molecule has 0 spiro atoms. The summed E-state index contributed by atoms with van der Waals surface area (Å²) in [6.07, 6.45) is -8.75. The molecule has 1 saturated carbocycles. The van der Waals surface area contributed by atoms with Gasteiger partial charge in [-0.05, 0) is 55.8 Å². The summed E-state index contributed by atoms with van der Waals surface area (Å²) < 4.78 is 64.6. The molecule has 2 saturated heterocycles. The Hall–Kier alpha value is -3.24. The predicted octanol–water partition coefficient (Wildman–Crippen LogP) is 2.77. The zero-order valence-corrected chi connectivity index (χ0v) is 24.9. The fourth-order valence-corrected chi connectivity index (χ4v) is 5.44. The van der Waals surface area contributed by atoms with E-state index >= 15 is 0 Å². The van der Waals surface area contributed by atoms with Gasteiger partial charge in [0.1, 0.15) is 55.8 Å². The first-order valence-electron chi connectivity index (χ1n) is 14.1. The smallest absolute Gasteiger partial charge is 0.247 e. The van der Waals surface area contributed by atoms with Gasteiger partial charge in [-0.25, -0.2) is 13.2 Å². The van der Waals surface area contributed by atoms with Gasteiger partial charge in [-0.3, -0.25) is 4.79 Å². The second-order valence-electron chi connectivity index (χ2n) is 11.0. The average molecular weight is 657 g/mol. The van der Waals surface area contributed by atoms with E-state index in [1.807, 2.05) is 0 Å². The molecule has 0 aromatic heterocycles. The number of nitrogens with one attached hydrogen (secondary N) is 1. The van der Waals surface area contributed by atoms with Crippen LogP contribution in [0, 0.1) is 11.6 Å². The standard InChI is InChI=1S/C30H32ClF3N2O9/c1-13(29(40)35-23-24(37)26(39)28-27(25(23)38)41-12-42-28)7-15-3-6-21(19(33)8-15)44-30-20(34)10-22(45-30)14(2)36-43-11-16-9-17(32)4-5-18(16)31/h3-9,20,22-28,30,37-39H,10-12H2,1-2H3,(H,35,40)/b13-7+,36-14+/t20-,22+,23-,24+,25-,26-,27+,28-,30-/m1/s1. The minimum absolute atomic E-state index is 0.102. The summed E-state index contributed by atoms with van der Waals surface area (Å²) in [5, 5.41) is 37.9. The first-order chi connectivity index (χ1) is 21.4. The molecule has 0 radical (unpaired) electrons. The number of halogens is 4. The van der Waals surface area contributed by atoms with E-state index in [0.29, 0.717) is 10.6 Å². The second kappa shape index (κ2) is 14.0. The van der Waals surface area contributed by atoms with Crippen molar-refractivity contribution in [2.45, 2.75) is 82.0 Å². The maximum Gasteiger partial charge on any atom is 0.247 e. The Morgan fingerprint density at radius 3 is 2.56 bits per heavy atom. The highest BCUT2D eigenvalue weighted by Gasteiger charge is 2.53. The van der Waals surface area contributed by atoms with Crippen LogP contribution in [0.3, 0.4) is 0 Å². The molecule has 2 heterocycles. The van der Waals surface area contributed by atoms with Crippen molar-refractivity contribution < 1.29 is 57.1 Å². The summed E-state index contributed by atoms with van der Waals surface area (Å²) in [6, 6.07) is 6.33. The fourth-order valence-electron chi connectivity index (χ4n) is 5.27. The molecule has 244 valence electrons. The van der Waals surface area contributed by atoms with Crippen LogP contribution in [-0.2, 0) is 30.4 Å². The number of aliphatic hydroxyl groups excluding tert-OH is 3. The predicted molar refractivity (Wildman–Crippen MR) is 153 cm³/mol. The molecule has 9 atom stereocenters. The SMILES string of the molecule is C/C(=C\c1ccc(O[C@@H]2O[C@H](/C(C)=N/OCc3cc(F)ccc3Cl)C[C@H]2F)c(F)c1)C(=O)N[C@@H]1[C@H](O)[C@@H](O)[C@H]2OCO[C@H]2[C@@H]1O. The minimum Gasteiger partial charge on any atom is -0.459 e. The minimum atomic E-state index is -1.61. The van der Waals surface area contributed by atoms with Crippen molar-refractivity contribution in [3.05, 3.63) is 69.8 Å². The van der Waals surface area contributed by atoms with Gasteiger partial charge >= 0.3 is 0 Å². The molecule has 5 rings (SSSR count). The molecule has 0 bridgehead atoms. The van der Waals surface area contributed by atoms with Crippen molar-refractivity contribution in [1.82, 2.24) is 5.32 Å². The Balaban J connectivity index is 1.16. The van der Waals surface area contributed by atoms with E-state index in [-0.39, 0.29) is 42.4 Å². The molecule has 11 nitrogen and oxygen atoms in total. The molecule has 3 fully saturated rings. The van der Waals surface area contributed by atoms with Crippen molar-refractivity contribution in [3.8, 4) is 5.75 Å². The van der Waals surface area contributed by atoms with E-state index in [2.05, 4.69) is 10.5 Å². The Labute approximate surface area is 261 Å². The zero-order chi connectivity index (χ0) is 32.4. The number of alkyl halides is 1. The fraction of sp³-hybridized carbons (Fsp3) is 0.467. The normalized spacial score (nSPS) is 31.9. The zero-order valence-electron chi connectivity index (χ0n) is 24.1. The largest absolute Gasteiger partial charge is 0.459 e. The first-order valence-corrected chi connectivity index (χ1v) is 14.4. The molecule has 1 amide bonds. The molecule has 15 heteroatoms. The summed E-state index contributed by atoms with van der Waals surface area (Å²) >= 11 is 6.01. The highest BCUT2D eigenvalue weighted by molar-refractivity contribution is 6.31. The van der Waals surface area contributed by atoms with Gasteiger partial charge in [0.2, 0.25) is 12.2 Å². The van der Waals surface area contributed by atoms with Crippen LogP contribution in [0.4, 0.5) is 13.2 Å². The number of hydrogen-bond acceptors (Lipinski definition) is 10. The number of ether oxygens (including phenoxy) is 4. The van der Waals surface area contributed by atoms with Crippen LogP contribution in [0.2, 0.25) is 5.02 Å². The van der Waals surface area contributed by atoms with Gasteiger partial charge < -0.3 is 44.4 Å². The summed E-state index contributed by atoms with van der Waals surface area (Å²) in [7, 11) is 0. The summed E-state index contributed by atoms with van der Waals surface area (Å²) in [4.78, 5) is 18.0. The van der Waals surface area contributed by atoms with Crippen molar-refractivity contribution in [3.63, 3.8) is 0 Å². The molecule has 2 aromatic rings. The number of aliphatic hydroxyl groups is 3. The monoisotopic (exact) mass is 656 g/mol. The molecule has 45 heavy (non-hydrogen) atoms. The third-order valence-electron chi connectivity index (χ3n) is 7.78. The van der Waals surface area contributed by atoms with Gasteiger partial charge in [-0.15, -0.1) is 0 Å². The van der Waals surface area contributed by atoms with E-state index in [1.54, 1.807) is 6.92 Å². The van der Waals surface area contributed by atoms with Crippen molar-refractivity contribution in [1.29, 1.82) is 0 Å². The number of fused-ring (bicyclic) bond motifs is 1. The number of amides is 1. The third-order valence-corrected chi connectivity index (χ3v) is 8.15. The third kappa shape index (κ3) is 7.43. The van der Waals surface area contributed by atoms with Gasteiger partial charge in [0, 0.05) is 22.6 Å². The highest BCUT2D eigenvalue weighted by Crippen LogP contribution is 2.31. The number of rotatable bonds is 9. The van der Waals surface area contributed by atoms with Crippen LogP contribution in [0.5, 0.6) is 5.75 Å². The summed E-state index contributed by atoms with van der Waals surface area (Å²) in [5.41, 5.74) is 1.04. The molecule has 2 aliphatic heterocycles. The molecule has 2 aromatic carbocycles. The van der Waals surface area contributed by atoms with Crippen molar-refractivity contribution in [2.24, 2.45) is 5.16 Å². The lowest BCUT2D eigenvalue weighted by molar-refractivity contribution is -0.155. The van der Waals surface area contributed by atoms with Crippen LogP contribution in [0.25, 0.3) is 6.08 Å². The lowest BCUT2D eigenvalue weighted by Gasteiger charge is -2.41. The molecular formula is C30H32ClF3N2O9. The molecule has 1 aliphatic carbocycles. The summed E-state index contributed by atoms with van der Waals surface area (Å²) in [6.45, 7) is 2.71. The maximum atomic E-state index is 14.9. The van der Waals surface area contributed by atoms with Crippen molar-refractivity contribution in [2.75, 3.05) is 6.79 Å². The van der Waals surface area contributed by atoms with Crippen LogP contribution in [0.15, 0.2) is 47.1 Å². The number of oxime groups is 1. The molecule has 4 N–H and O–H groups in total.